The second kappa shape index (κ2) is 6.74. The Morgan fingerprint density at radius 1 is 1.05 bits per heavy atom. The van der Waals surface area contributed by atoms with Crippen molar-refractivity contribution in [3.8, 4) is 0 Å². The van der Waals surface area contributed by atoms with Crippen molar-refractivity contribution < 1.29 is 4.79 Å². The molecule has 0 spiro atoms. The van der Waals surface area contributed by atoms with Gasteiger partial charge >= 0.3 is 0 Å². The lowest BCUT2D eigenvalue weighted by Crippen LogP contribution is -2.37. The van der Waals surface area contributed by atoms with Crippen molar-refractivity contribution in [2.45, 2.75) is 19.0 Å². The van der Waals surface area contributed by atoms with Gasteiger partial charge in [-0.2, -0.15) is 0 Å². The molecule has 0 aliphatic rings. The Hall–Kier alpha value is -1.84. The van der Waals surface area contributed by atoms with Crippen LogP contribution in [0.2, 0.25) is 5.02 Å². The molecular weight excluding hydrogens is 284 g/mol. The zero-order valence-electron chi connectivity index (χ0n) is 12.2. The quantitative estimate of drug-likeness (QED) is 0.938. The Bertz CT molecular complexity index is 598. The van der Waals surface area contributed by atoms with Gasteiger partial charge in [-0.25, -0.2) is 0 Å². The minimum atomic E-state index is -0.647. The number of halogens is 1. The van der Waals surface area contributed by atoms with Crippen LogP contribution in [0.3, 0.4) is 0 Å². The predicted molar refractivity (Wildman–Crippen MR) is 86.0 cm³/mol. The third kappa shape index (κ3) is 3.63. The molecule has 21 heavy (non-hydrogen) atoms. The molecule has 2 aromatic carbocycles. The number of nitrogens with zero attached hydrogens (tertiary/aromatic N) is 1. The second-order valence-electron chi connectivity index (χ2n) is 5.07. The maximum atomic E-state index is 12.5. The summed E-state index contributed by atoms with van der Waals surface area (Å²) in [5.74, 6) is -0.108. The zero-order chi connectivity index (χ0) is 15.4. The Balaban J connectivity index is 2.13. The van der Waals surface area contributed by atoms with E-state index in [0.717, 1.165) is 11.1 Å². The molecule has 2 aromatic rings. The highest BCUT2D eigenvalue weighted by molar-refractivity contribution is 6.30. The van der Waals surface area contributed by atoms with E-state index in [2.05, 4.69) is 0 Å². The van der Waals surface area contributed by atoms with Gasteiger partial charge in [-0.05, 0) is 30.2 Å². The van der Waals surface area contributed by atoms with E-state index < -0.39 is 6.04 Å². The summed E-state index contributed by atoms with van der Waals surface area (Å²) in [5, 5.41) is 0.681. The van der Waals surface area contributed by atoms with Gasteiger partial charge in [-0.3, -0.25) is 4.79 Å². The van der Waals surface area contributed by atoms with Crippen LogP contribution in [0.25, 0.3) is 0 Å². The minimum Gasteiger partial charge on any atom is -0.337 e. The SMILES string of the molecule is CC(c1ccc(Cl)cc1)N(C)C(=O)[C@@H](N)c1ccccc1. The monoisotopic (exact) mass is 302 g/mol. The fourth-order valence-electron chi connectivity index (χ4n) is 2.18. The van der Waals surface area contributed by atoms with Crippen molar-refractivity contribution in [3.63, 3.8) is 0 Å². The Morgan fingerprint density at radius 2 is 1.62 bits per heavy atom. The molecule has 0 aromatic heterocycles. The van der Waals surface area contributed by atoms with E-state index >= 15 is 0 Å². The van der Waals surface area contributed by atoms with Crippen LogP contribution in [0.5, 0.6) is 0 Å². The molecule has 1 amide bonds. The van der Waals surface area contributed by atoms with Gasteiger partial charge in [-0.15, -0.1) is 0 Å². The number of hydrogen-bond donors (Lipinski definition) is 1. The molecule has 0 fully saturated rings. The molecule has 0 radical (unpaired) electrons. The first-order chi connectivity index (χ1) is 10.0. The first-order valence-electron chi connectivity index (χ1n) is 6.83. The normalized spacial score (nSPS) is 13.5. The highest BCUT2D eigenvalue weighted by Gasteiger charge is 2.23. The molecule has 0 aliphatic carbocycles. The molecule has 2 atom stereocenters. The molecule has 0 saturated carbocycles. The van der Waals surface area contributed by atoms with Gasteiger partial charge in [0.2, 0.25) is 5.91 Å². The summed E-state index contributed by atoms with van der Waals surface area (Å²) >= 11 is 5.89. The van der Waals surface area contributed by atoms with E-state index in [0.29, 0.717) is 5.02 Å². The van der Waals surface area contributed by atoms with E-state index in [-0.39, 0.29) is 11.9 Å². The van der Waals surface area contributed by atoms with Crippen molar-refractivity contribution in [2.24, 2.45) is 5.73 Å². The number of amides is 1. The average Bonchev–Trinajstić information content (AvgIpc) is 2.53. The van der Waals surface area contributed by atoms with Crippen molar-refractivity contribution in [1.29, 1.82) is 0 Å². The molecular formula is C17H19ClN2O. The highest BCUT2D eigenvalue weighted by atomic mass is 35.5. The van der Waals surface area contributed by atoms with Gasteiger partial charge in [0, 0.05) is 12.1 Å². The van der Waals surface area contributed by atoms with Gasteiger partial charge in [-0.1, -0.05) is 54.1 Å². The van der Waals surface area contributed by atoms with Gasteiger partial charge in [0.05, 0.1) is 6.04 Å². The van der Waals surface area contributed by atoms with Crippen LogP contribution in [0, 0.1) is 0 Å². The number of nitrogens with two attached hydrogens (primary N) is 1. The van der Waals surface area contributed by atoms with E-state index in [1.54, 1.807) is 11.9 Å². The zero-order valence-corrected chi connectivity index (χ0v) is 12.9. The lowest BCUT2D eigenvalue weighted by Gasteiger charge is -2.28. The standard InChI is InChI=1S/C17H19ClN2O/c1-12(13-8-10-15(18)11-9-13)20(2)17(21)16(19)14-6-4-3-5-7-14/h3-12,16H,19H2,1-2H3/t12?,16-/m0/s1. The highest BCUT2D eigenvalue weighted by Crippen LogP contribution is 2.23. The third-order valence-corrected chi connectivity index (χ3v) is 3.96. The fourth-order valence-corrected chi connectivity index (χ4v) is 2.30. The molecule has 2 N–H and O–H groups in total. The molecule has 3 nitrogen and oxygen atoms in total. The van der Waals surface area contributed by atoms with Crippen LogP contribution in [0.1, 0.15) is 30.1 Å². The smallest absolute Gasteiger partial charge is 0.244 e. The average molecular weight is 303 g/mol. The van der Waals surface area contributed by atoms with Crippen molar-refractivity contribution in [1.82, 2.24) is 4.90 Å². The fraction of sp³-hybridized carbons (Fsp3) is 0.235. The van der Waals surface area contributed by atoms with E-state index in [1.807, 2.05) is 61.5 Å². The van der Waals surface area contributed by atoms with Gasteiger partial charge in [0.15, 0.2) is 0 Å². The van der Waals surface area contributed by atoms with Gasteiger partial charge in [0.1, 0.15) is 6.04 Å². The summed E-state index contributed by atoms with van der Waals surface area (Å²) in [7, 11) is 1.77. The molecule has 0 heterocycles. The number of carbonyl (C=O) groups is 1. The van der Waals surface area contributed by atoms with E-state index in [1.165, 1.54) is 0 Å². The molecule has 0 saturated heterocycles. The molecule has 4 heteroatoms. The maximum Gasteiger partial charge on any atom is 0.244 e. The van der Waals surface area contributed by atoms with E-state index in [9.17, 15) is 4.79 Å². The number of rotatable bonds is 4. The Morgan fingerprint density at radius 3 is 2.19 bits per heavy atom. The summed E-state index contributed by atoms with van der Waals surface area (Å²) in [6.45, 7) is 1.97. The molecule has 110 valence electrons. The Labute approximate surface area is 130 Å². The number of carbonyl (C=O) groups excluding carboxylic acids is 1. The lowest BCUT2D eigenvalue weighted by molar-refractivity contribution is -0.133. The van der Waals surface area contributed by atoms with Crippen molar-refractivity contribution in [3.05, 3.63) is 70.7 Å². The molecule has 0 bridgehead atoms. The summed E-state index contributed by atoms with van der Waals surface area (Å²) < 4.78 is 0. The largest absolute Gasteiger partial charge is 0.337 e. The van der Waals surface area contributed by atoms with Gasteiger partial charge < -0.3 is 10.6 Å². The summed E-state index contributed by atoms with van der Waals surface area (Å²) in [6, 6.07) is 16.2. The topological polar surface area (TPSA) is 46.3 Å². The van der Waals surface area contributed by atoms with Gasteiger partial charge in [0.25, 0.3) is 0 Å². The molecule has 2 rings (SSSR count). The maximum absolute atomic E-state index is 12.5. The summed E-state index contributed by atoms with van der Waals surface area (Å²) in [6.07, 6.45) is 0. The van der Waals surface area contributed by atoms with Crippen LogP contribution in [-0.2, 0) is 4.79 Å². The first-order valence-corrected chi connectivity index (χ1v) is 7.21. The third-order valence-electron chi connectivity index (χ3n) is 3.71. The summed E-state index contributed by atoms with van der Waals surface area (Å²) in [5.41, 5.74) is 7.91. The molecule has 0 aliphatic heterocycles. The van der Waals surface area contributed by atoms with Crippen molar-refractivity contribution in [2.75, 3.05) is 7.05 Å². The number of benzene rings is 2. The number of likely N-dealkylation sites (N-methyl/N-ethyl adjacent to an activating group) is 1. The second-order valence-corrected chi connectivity index (χ2v) is 5.50. The molecule has 1 unspecified atom stereocenters. The van der Waals surface area contributed by atoms with Crippen molar-refractivity contribution >= 4 is 17.5 Å². The Kier molecular flexibility index (Phi) is 4.99. The van der Waals surface area contributed by atoms with Crippen LogP contribution >= 0.6 is 11.6 Å². The first kappa shape index (κ1) is 15.5. The number of hydrogen-bond acceptors (Lipinski definition) is 2. The van der Waals surface area contributed by atoms with Crippen LogP contribution < -0.4 is 5.73 Å². The predicted octanol–water partition coefficient (Wildman–Crippen LogP) is 3.56. The minimum absolute atomic E-state index is 0.0653. The summed E-state index contributed by atoms with van der Waals surface area (Å²) in [4.78, 5) is 14.2. The lowest BCUT2D eigenvalue weighted by atomic mass is 10.0. The van der Waals surface area contributed by atoms with Crippen LogP contribution in [0.15, 0.2) is 54.6 Å². The van der Waals surface area contributed by atoms with E-state index in [4.69, 9.17) is 17.3 Å². The van der Waals surface area contributed by atoms with Crippen LogP contribution in [-0.4, -0.2) is 17.9 Å². The van der Waals surface area contributed by atoms with Crippen LogP contribution in [0.4, 0.5) is 0 Å².